The smallest absolute Gasteiger partial charge is 0.222 e. The maximum atomic E-state index is 13.5. The van der Waals surface area contributed by atoms with Crippen LogP contribution in [0.5, 0.6) is 0 Å². The number of nitrogens with zero attached hydrogens (tertiary/aromatic N) is 1. The molecule has 0 aliphatic heterocycles. The lowest BCUT2D eigenvalue weighted by Gasteiger charge is -2.18. The first-order valence-electron chi connectivity index (χ1n) is 6.78. The van der Waals surface area contributed by atoms with E-state index in [0.29, 0.717) is 23.6 Å². The van der Waals surface area contributed by atoms with Gasteiger partial charge in [0.2, 0.25) is 5.91 Å². The van der Waals surface area contributed by atoms with Gasteiger partial charge in [0, 0.05) is 25.0 Å². The van der Waals surface area contributed by atoms with Crippen LogP contribution in [0.1, 0.15) is 17.5 Å². The minimum atomic E-state index is -0.265. The monoisotopic (exact) mass is 305 g/mol. The first-order chi connectivity index (χ1) is 10.1. The van der Waals surface area contributed by atoms with Gasteiger partial charge in [0.05, 0.1) is 0 Å². The molecule has 0 radical (unpaired) electrons. The fourth-order valence-corrected chi connectivity index (χ4v) is 2.30. The van der Waals surface area contributed by atoms with E-state index in [1.807, 2.05) is 18.2 Å². The van der Waals surface area contributed by atoms with Crippen LogP contribution in [-0.2, 0) is 17.8 Å². The van der Waals surface area contributed by atoms with Gasteiger partial charge in [-0.05, 0) is 29.7 Å². The van der Waals surface area contributed by atoms with Crippen LogP contribution in [0.2, 0.25) is 5.02 Å². The molecule has 2 nitrogen and oxygen atoms in total. The number of hydrogen-bond donors (Lipinski definition) is 0. The molecule has 2 aromatic carbocycles. The highest BCUT2D eigenvalue weighted by molar-refractivity contribution is 6.31. The van der Waals surface area contributed by atoms with E-state index in [-0.39, 0.29) is 18.1 Å². The zero-order valence-corrected chi connectivity index (χ0v) is 12.6. The number of carbonyl (C=O) groups is 1. The molecule has 0 heterocycles. The van der Waals surface area contributed by atoms with Gasteiger partial charge in [-0.15, -0.1) is 0 Å². The Labute approximate surface area is 129 Å². The Morgan fingerprint density at radius 2 is 1.71 bits per heavy atom. The van der Waals surface area contributed by atoms with Gasteiger partial charge >= 0.3 is 0 Å². The van der Waals surface area contributed by atoms with Gasteiger partial charge < -0.3 is 4.90 Å². The summed E-state index contributed by atoms with van der Waals surface area (Å²) in [6.45, 7) is 0.454. The molecule has 0 N–H and O–H groups in total. The second-order valence-corrected chi connectivity index (χ2v) is 5.34. The average Bonchev–Trinajstić information content (AvgIpc) is 2.48. The van der Waals surface area contributed by atoms with Crippen molar-refractivity contribution < 1.29 is 9.18 Å². The van der Waals surface area contributed by atoms with E-state index in [0.717, 1.165) is 5.56 Å². The van der Waals surface area contributed by atoms with E-state index < -0.39 is 0 Å². The van der Waals surface area contributed by atoms with Crippen molar-refractivity contribution in [1.82, 2.24) is 4.90 Å². The third-order valence-corrected chi connectivity index (χ3v) is 3.73. The molecule has 0 saturated carbocycles. The Morgan fingerprint density at radius 1 is 1.10 bits per heavy atom. The average molecular weight is 306 g/mol. The summed E-state index contributed by atoms with van der Waals surface area (Å²) in [5, 5.41) is 0.645. The maximum absolute atomic E-state index is 13.5. The molecule has 0 spiro atoms. The van der Waals surface area contributed by atoms with E-state index in [2.05, 4.69) is 0 Å². The summed E-state index contributed by atoms with van der Waals surface area (Å²) in [6.07, 6.45) is 0.681. The molecule has 2 aromatic rings. The molecular formula is C17H17ClFNO. The van der Waals surface area contributed by atoms with Crippen LogP contribution in [0.4, 0.5) is 4.39 Å². The number of carbonyl (C=O) groups excluding carboxylic acids is 1. The second kappa shape index (κ2) is 7.23. The van der Waals surface area contributed by atoms with Crippen molar-refractivity contribution in [3.05, 3.63) is 70.5 Å². The Kier molecular flexibility index (Phi) is 5.34. The van der Waals surface area contributed by atoms with Gasteiger partial charge in [0.1, 0.15) is 5.82 Å². The number of hydrogen-bond acceptors (Lipinski definition) is 1. The van der Waals surface area contributed by atoms with Crippen LogP contribution in [0, 0.1) is 5.82 Å². The molecule has 0 saturated heterocycles. The summed E-state index contributed by atoms with van der Waals surface area (Å²) in [5.41, 5.74) is 1.47. The third-order valence-electron chi connectivity index (χ3n) is 3.36. The highest BCUT2D eigenvalue weighted by Gasteiger charge is 2.12. The van der Waals surface area contributed by atoms with E-state index >= 15 is 0 Å². The van der Waals surface area contributed by atoms with Crippen LogP contribution < -0.4 is 0 Å². The van der Waals surface area contributed by atoms with Gasteiger partial charge in [-0.3, -0.25) is 4.79 Å². The van der Waals surface area contributed by atoms with Crippen molar-refractivity contribution in [1.29, 1.82) is 0 Å². The normalized spacial score (nSPS) is 10.4. The molecule has 0 atom stereocenters. The Morgan fingerprint density at radius 3 is 2.38 bits per heavy atom. The van der Waals surface area contributed by atoms with E-state index in [4.69, 9.17) is 11.6 Å². The number of benzene rings is 2. The first kappa shape index (κ1) is 15.5. The third kappa shape index (κ3) is 4.30. The summed E-state index contributed by atoms with van der Waals surface area (Å²) in [4.78, 5) is 13.7. The molecule has 110 valence electrons. The molecule has 1 amide bonds. The van der Waals surface area contributed by atoms with Crippen LogP contribution in [-0.4, -0.2) is 17.9 Å². The zero-order chi connectivity index (χ0) is 15.2. The minimum Gasteiger partial charge on any atom is -0.341 e. The molecule has 0 unspecified atom stereocenters. The highest BCUT2D eigenvalue weighted by atomic mass is 35.5. The van der Waals surface area contributed by atoms with E-state index in [1.54, 1.807) is 36.2 Å². The van der Waals surface area contributed by atoms with Crippen LogP contribution >= 0.6 is 11.6 Å². The molecule has 2 rings (SSSR count). The van der Waals surface area contributed by atoms with Crippen molar-refractivity contribution in [2.75, 3.05) is 7.05 Å². The van der Waals surface area contributed by atoms with Gasteiger partial charge in [-0.2, -0.15) is 0 Å². The molecule has 0 aliphatic carbocycles. The number of rotatable bonds is 5. The quantitative estimate of drug-likeness (QED) is 0.815. The van der Waals surface area contributed by atoms with Crippen molar-refractivity contribution in [2.24, 2.45) is 0 Å². The molecule has 0 bridgehead atoms. The van der Waals surface area contributed by atoms with E-state index in [1.165, 1.54) is 6.07 Å². The standard InChI is InChI=1S/C17H17ClFNO/c1-20(12-14-7-2-4-8-15(14)18)17(21)11-10-13-6-3-5-9-16(13)19/h2-9H,10-12H2,1H3. The summed E-state index contributed by atoms with van der Waals surface area (Å²) >= 11 is 6.08. The summed E-state index contributed by atoms with van der Waals surface area (Å²) in [5.74, 6) is -0.294. The van der Waals surface area contributed by atoms with Gasteiger partial charge in [0.15, 0.2) is 0 Å². The van der Waals surface area contributed by atoms with Crippen molar-refractivity contribution in [3.8, 4) is 0 Å². The Hall–Kier alpha value is -1.87. The SMILES string of the molecule is CN(Cc1ccccc1Cl)C(=O)CCc1ccccc1F. The number of halogens is 2. The van der Waals surface area contributed by atoms with Gasteiger partial charge in [-0.25, -0.2) is 4.39 Å². The van der Waals surface area contributed by atoms with E-state index in [9.17, 15) is 9.18 Å². The molecular weight excluding hydrogens is 289 g/mol. The summed E-state index contributed by atoms with van der Waals surface area (Å²) in [7, 11) is 1.73. The maximum Gasteiger partial charge on any atom is 0.222 e. The predicted molar refractivity (Wildman–Crippen MR) is 82.6 cm³/mol. The fourth-order valence-electron chi connectivity index (χ4n) is 2.10. The molecule has 21 heavy (non-hydrogen) atoms. The largest absolute Gasteiger partial charge is 0.341 e. The molecule has 0 aliphatic rings. The topological polar surface area (TPSA) is 20.3 Å². The minimum absolute atomic E-state index is 0.0295. The fraction of sp³-hybridized carbons (Fsp3) is 0.235. The number of aryl methyl sites for hydroxylation is 1. The Bertz CT molecular complexity index is 630. The molecule has 0 fully saturated rings. The van der Waals surface area contributed by atoms with Crippen molar-refractivity contribution in [2.45, 2.75) is 19.4 Å². The van der Waals surface area contributed by atoms with Gasteiger partial charge in [-0.1, -0.05) is 48.0 Å². The van der Waals surface area contributed by atoms with Crippen LogP contribution in [0.25, 0.3) is 0 Å². The second-order valence-electron chi connectivity index (χ2n) is 4.93. The lowest BCUT2D eigenvalue weighted by atomic mass is 10.1. The van der Waals surface area contributed by atoms with Gasteiger partial charge in [0.25, 0.3) is 0 Å². The first-order valence-corrected chi connectivity index (χ1v) is 7.16. The van der Waals surface area contributed by atoms with Crippen molar-refractivity contribution in [3.63, 3.8) is 0 Å². The lowest BCUT2D eigenvalue weighted by molar-refractivity contribution is -0.130. The van der Waals surface area contributed by atoms with Crippen LogP contribution in [0.3, 0.4) is 0 Å². The number of amides is 1. The molecule has 4 heteroatoms. The molecule has 0 aromatic heterocycles. The lowest BCUT2D eigenvalue weighted by Crippen LogP contribution is -2.26. The summed E-state index contributed by atoms with van der Waals surface area (Å²) in [6, 6.07) is 14.0. The zero-order valence-electron chi connectivity index (χ0n) is 11.9. The predicted octanol–water partition coefficient (Wildman–Crippen LogP) is 4.07. The summed E-state index contributed by atoms with van der Waals surface area (Å²) < 4.78 is 13.5. The van der Waals surface area contributed by atoms with Crippen molar-refractivity contribution >= 4 is 17.5 Å². The Balaban J connectivity index is 1.91. The van der Waals surface area contributed by atoms with Crippen LogP contribution in [0.15, 0.2) is 48.5 Å². The highest BCUT2D eigenvalue weighted by Crippen LogP contribution is 2.17.